The minimum Gasteiger partial charge on any atom is -0.488 e. The minimum atomic E-state index is -0.976. The smallest absolute Gasteiger partial charge is 0.218 e. The molecule has 0 aliphatic carbocycles. The maximum absolute atomic E-state index is 10.2. The number of aryl methyl sites for hydroxylation is 2. The Kier molecular flexibility index (Phi) is 4.93. The van der Waals surface area contributed by atoms with Crippen molar-refractivity contribution in [2.75, 3.05) is 0 Å². The number of rotatable bonds is 4. The van der Waals surface area contributed by atoms with Crippen molar-refractivity contribution in [2.45, 2.75) is 33.7 Å². The van der Waals surface area contributed by atoms with Gasteiger partial charge in [0.2, 0.25) is 6.29 Å². The number of aliphatic hydroxyl groups excluding tert-OH is 1. The van der Waals surface area contributed by atoms with Crippen LogP contribution in [0.3, 0.4) is 0 Å². The molecule has 3 aromatic rings. The summed E-state index contributed by atoms with van der Waals surface area (Å²) in [6.45, 7) is 6.64. The fourth-order valence-electron chi connectivity index (χ4n) is 3.56. The Labute approximate surface area is 165 Å². The predicted octanol–water partition coefficient (Wildman–Crippen LogP) is 5.33. The molecule has 0 amide bonds. The van der Waals surface area contributed by atoms with Crippen LogP contribution in [-0.2, 0) is 6.61 Å². The van der Waals surface area contributed by atoms with Crippen molar-refractivity contribution in [1.29, 1.82) is 0 Å². The molecule has 1 aliphatic rings. The highest BCUT2D eigenvalue weighted by Crippen LogP contribution is 2.41. The summed E-state index contributed by atoms with van der Waals surface area (Å²) in [4.78, 5) is 0. The van der Waals surface area contributed by atoms with Gasteiger partial charge in [-0.15, -0.1) is 0 Å². The van der Waals surface area contributed by atoms with Gasteiger partial charge in [-0.2, -0.15) is 0 Å². The van der Waals surface area contributed by atoms with Gasteiger partial charge < -0.3 is 14.6 Å². The van der Waals surface area contributed by atoms with E-state index in [1.54, 1.807) is 6.08 Å². The molecule has 0 aromatic heterocycles. The Morgan fingerprint density at radius 2 is 1.75 bits per heavy atom. The van der Waals surface area contributed by atoms with Crippen molar-refractivity contribution in [3.63, 3.8) is 0 Å². The van der Waals surface area contributed by atoms with Gasteiger partial charge in [0, 0.05) is 11.1 Å². The second-order valence-corrected chi connectivity index (χ2v) is 7.24. The highest BCUT2D eigenvalue weighted by molar-refractivity contribution is 5.85. The molecule has 0 saturated carbocycles. The van der Waals surface area contributed by atoms with Crippen molar-refractivity contribution in [2.24, 2.45) is 0 Å². The van der Waals surface area contributed by atoms with E-state index in [1.807, 2.05) is 49.4 Å². The van der Waals surface area contributed by atoms with Crippen LogP contribution in [0.15, 0.2) is 66.7 Å². The Bertz CT molecular complexity index is 1040. The molecule has 1 unspecified atom stereocenters. The summed E-state index contributed by atoms with van der Waals surface area (Å²) in [5.74, 6) is 1.44. The molecule has 1 aliphatic heterocycles. The van der Waals surface area contributed by atoms with E-state index in [0.717, 1.165) is 28.0 Å². The summed E-state index contributed by atoms with van der Waals surface area (Å²) >= 11 is 0. The fourth-order valence-corrected chi connectivity index (χ4v) is 3.56. The minimum absolute atomic E-state index is 0.497. The zero-order valence-electron chi connectivity index (χ0n) is 16.4. The van der Waals surface area contributed by atoms with Crippen molar-refractivity contribution in [3.8, 4) is 11.5 Å². The van der Waals surface area contributed by atoms with Crippen LogP contribution in [0.2, 0.25) is 0 Å². The lowest BCUT2D eigenvalue weighted by atomic mass is 9.93. The quantitative estimate of drug-likeness (QED) is 0.672. The van der Waals surface area contributed by atoms with E-state index >= 15 is 0 Å². The highest BCUT2D eigenvalue weighted by Gasteiger charge is 2.23. The number of aliphatic hydroxyl groups is 1. The van der Waals surface area contributed by atoms with E-state index in [1.165, 1.54) is 16.7 Å². The Balaban J connectivity index is 1.66. The Morgan fingerprint density at radius 1 is 0.964 bits per heavy atom. The lowest BCUT2D eigenvalue weighted by Gasteiger charge is -2.25. The molecular weight excluding hydrogens is 348 g/mol. The van der Waals surface area contributed by atoms with Crippen molar-refractivity contribution in [1.82, 2.24) is 0 Å². The zero-order chi connectivity index (χ0) is 19.7. The van der Waals surface area contributed by atoms with E-state index in [0.29, 0.717) is 12.4 Å². The average molecular weight is 372 g/mol. The van der Waals surface area contributed by atoms with Crippen LogP contribution in [-0.4, -0.2) is 11.4 Å². The van der Waals surface area contributed by atoms with Gasteiger partial charge in [-0.1, -0.05) is 54.1 Å². The summed E-state index contributed by atoms with van der Waals surface area (Å²) in [6.07, 6.45) is 0.768. The summed E-state index contributed by atoms with van der Waals surface area (Å²) < 4.78 is 11.9. The molecule has 1 atom stereocenters. The molecule has 4 rings (SSSR count). The van der Waals surface area contributed by atoms with Gasteiger partial charge in [0.15, 0.2) is 0 Å². The van der Waals surface area contributed by atoms with Crippen molar-refractivity contribution in [3.05, 3.63) is 100 Å². The normalized spacial score (nSPS) is 15.4. The molecular formula is C25H24O3. The molecule has 0 radical (unpaired) electrons. The van der Waals surface area contributed by atoms with Crippen molar-refractivity contribution >= 4 is 5.57 Å². The van der Waals surface area contributed by atoms with Gasteiger partial charge in [0.05, 0.1) is 0 Å². The first-order valence-electron chi connectivity index (χ1n) is 9.48. The number of ether oxygens (including phenoxy) is 2. The molecule has 3 aromatic carbocycles. The molecule has 28 heavy (non-hydrogen) atoms. The standard InChI is InChI=1S/C25H24O3/c1-16-9-10-17(2)20(13-16)15-27-23-12-11-21-22(19-7-5-4-6-8-19)14-24(26)28-25(21)18(23)3/h4-14,24,26H,15H2,1-3H3. The van der Waals surface area contributed by atoms with Gasteiger partial charge in [-0.25, -0.2) is 0 Å². The van der Waals surface area contributed by atoms with Crippen molar-refractivity contribution < 1.29 is 14.6 Å². The van der Waals surface area contributed by atoms with Crippen LogP contribution in [0.1, 0.15) is 33.4 Å². The van der Waals surface area contributed by atoms with Gasteiger partial charge in [-0.3, -0.25) is 0 Å². The van der Waals surface area contributed by atoms with E-state index in [4.69, 9.17) is 9.47 Å². The first-order valence-corrected chi connectivity index (χ1v) is 9.48. The molecule has 0 saturated heterocycles. The van der Waals surface area contributed by atoms with Crippen LogP contribution < -0.4 is 9.47 Å². The molecule has 0 fully saturated rings. The third kappa shape index (κ3) is 3.54. The first-order chi connectivity index (χ1) is 13.5. The van der Waals surface area contributed by atoms with Crippen LogP contribution in [0.25, 0.3) is 5.57 Å². The van der Waals surface area contributed by atoms with Gasteiger partial charge >= 0.3 is 0 Å². The van der Waals surface area contributed by atoms with Gasteiger partial charge in [0.1, 0.15) is 18.1 Å². The molecule has 142 valence electrons. The summed E-state index contributed by atoms with van der Waals surface area (Å²) in [5.41, 5.74) is 7.48. The molecule has 0 bridgehead atoms. The monoisotopic (exact) mass is 372 g/mol. The van der Waals surface area contributed by atoms with E-state index < -0.39 is 6.29 Å². The van der Waals surface area contributed by atoms with Crippen LogP contribution in [0.5, 0.6) is 11.5 Å². The second kappa shape index (κ2) is 7.53. The number of hydrogen-bond donors (Lipinski definition) is 1. The number of benzene rings is 3. The maximum Gasteiger partial charge on any atom is 0.218 e. The average Bonchev–Trinajstić information content (AvgIpc) is 2.70. The molecule has 3 heteroatoms. The lowest BCUT2D eigenvalue weighted by Crippen LogP contribution is -2.19. The van der Waals surface area contributed by atoms with E-state index in [2.05, 4.69) is 32.0 Å². The summed E-state index contributed by atoms with van der Waals surface area (Å²) in [6, 6.07) is 20.4. The zero-order valence-corrected chi connectivity index (χ0v) is 16.4. The number of fused-ring (bicyclic) bond motifs is 1. The van der Waals surface area contributed by atoms with E-state index in [9.17, 15) is 5.11 Å². The SMILES string of the molecule is Cc1ccc(C)c(COc2ccc3c(c2C)OC(O)C=C3c2ccccc2)c1. The molecule has 1 heterocycles. The lowest BCUT2D eigenvalue weighted by molar-refractivity contribution is 0.0218. The largest absolute Gasteiger partial charge is 0.488 e. The molecule has 1 N–H and O–H groups in total. The third-order valence-corrected chi connectivity index (χ3v) is 5.17. The Hall–Kier alpha value is -3.04. The van der Waals surface area contributed by atoms with E-state index in [-0.39, 0.29) is 0 Å². The predicted molar refractivity (Wildman–Crippen MR) is 112 cm³/mol. The fraction of sp³-hybridized carbons (Fsp3) is 0.200. The first kappa shape index (κ1) is 18.3. The third-order valence-electron chi connectivity index (χ3n) is 5.17. The number of hydrogen-bond acceptors (Lipinski definition) is 3. The topological polar surface area (TPSA) is 38.7 Å². The molecule has 0 spiro atoms. The van der Waals surface area contributed by atoms with Gasteiger partial charge in [0.25, 0.3) is 0 Å². The van der Waals surface area contributed by atoms with Crippen LogP contribution in [0.4, 0.5) is 0 Å². The summed E-state index contributed by atoms with van der Waals surface area (Å²) in [5, 5.41) is 10.2. The highest BCUT2D eigenvalue weighted by atomic mass is 16.6. The summed E-state index contributed by atoms with van der Waals surface area (Å²) in [7, 11) is 0. The second-order valence-electron chi connectivity index (χ2n) is 7.24. The van der Waals surface area contributed by atoms with Crippen LogP contribution in [0, 0.1) is 20.8 Å². The Morgan fingerprint density at radius 3 is 2.54 bits per heavy atom. The van der Waals surface area contributed by atoms with Crippen LogP contribution >= 0.6 is 0 Å². The van der Waals surface area contributed by atoms with Gasteiger partial charge in [-0.05, 0) is 61.2 Å². The molecule has 3 nitrogen and oxygen atoms in total. The maximum atomic E-state index is 10.2.